The molecule has 1 fully saturated rings. The van der Waals surface area contributed by atoms with Gasteiger partial charge < -0.3 is 18.9 Å². The zero-order valence-corrected chi connectivity index (χ0v) is 14.1. The molecule has 0 N–H and O–H groups in total. The Hall–Kier alpha value is -0.940. The van der Waals surface area contributed by atoms with Crippen LogP contribution in [0.1, 0.15) is 44.1 Å². The summed E-state index contributed by atoms with van der Waals surface area (Å²) >= 11 is 0. The first-order chi connectivity index (χ1) is 11.4. The first-order valence-corrected chi connectivity index (χ1v) is 8.88. The fourth-order valence-electron chi connectivity index (χ4n) is 2.53. The molecule has 1 aliphatic rings. The summed E-state index contributed by atoms with van der Waals surface area (Å²) in [7, 11) is 0. The number of rotatable bonds is 12. The van der Waals surface area contributed by atoms with Crippen LogP contribution in [0, 0.1) is 0 Å². The van der Waals surface area contributed by atoms with Gasteiger partial charge in [0.25, 0.3) is 0 Å². The average molecular weight is 322 g/mol. The van der Waals surface area contributed by atoms with E-state index in [1.807, 2.05) is 18.2 Å². The van der Waals surface area contributed by atoms with Gasteiger partial charge in [-0.15, -0.1) is 0 Å². The van der Waals surface area contributed by atoms with Crippen molar-refractivity contribution in [3.63, 3.8) is 0 Å². The number of unbranched alkanes of at least 4 members (excludes halogenated alkanes) is 2. The Morgan fingerprint density at radius 1 is 0.870 bits per heavy atom. The monoisotopic (exact) mass is 322 g/mol. The summed E-state index contributed by atoms with van der Waals surface area (Å²) in [5.74, 6) is 0. The second kappa shape index (κ2) is 12.5. The van der Waals surface area contributed by atoms with Gasteiger partial charge in [-0.1, -0.05) is 30.3 Å². The lowest BCUT2D eigenvalue weighted by atomic mass is 10.2. The van der Waals surface area contributed by atoms with E-state index in [4.69, 9.17) is 18.9 Å². The Morgan fingerprint density at radius 3 is 2.48 bits per heavy atom. The largest absolute Gasteiger partial charge is 0.379 e. The van der Waals surface area contributed by atoms with Crippen molar-refractivity contribution in [2.24, 2.45) is 0 Å². The number of hydrogen-bond donors (Lipinski definition) is 0. The van der Waals surface area contributed by atoms with E-state index in [-0.39, 0.29) is 6.29 Å². The lowest BCUT2D eigenvalue weighted by Crippen LogP contribution is -2.24. The minimum absolute atomic E-state index is 0.00545. The molecule has 4 heteroatoms. The first kappa shape index (κ1) is 18.4. The summed E-state index contributed by atoms with van der Waals surface area (Å²) < 4.78 is 22.4. The minimum atomic E-state index is -0.00545. The minimum Gasteiger partial charge on any atom is -0.379 e. The molecule has 0 bridgehead atoms. The summed E-state index contributed by atoms with van der Waals surface area (Å²) in [6, 6.07) is 10.3. The third-order valence-electron chi connectivity index (χ3n) is 3.86. The van der Waals surface area contributed by atoms with Gasteiger partial charge in [0.2, 0.25) is 0 Å². The second-order valence-electron chi connectivity index (χ2n) is 5.88. The molecule has 0 aromatic heterocycles. The van der Waals surface area contributed by atoms with Gasteiger partial charge in [0.1, 0.15) is 0 Å². The summed E-state index contributed by atoms with van der Waals surface area (Å²) in [5.41, 5.74) is 1.23. The normalized spacial score (nSPS) is 18.2. The quantitative estimate of drug-likeness (QED) is 0.546. The maximum Gasteiger partial charge on any atom is 0.157 e. The van der Waals surface area contributed by atoms with Gasteiger partial charge in [-0.05, 0) is 44.1 Å². The van der Waals surface area contributed by atoms with Crippen LogP contribution in [-0.4, -0.2) is 39.3 Å². The SMILES string of the molecule is c1ccc(COCCCCCOCCOC2CCCCO2)cc1. The van der Waals surface area contributed by atoms with Crippen LogP contribution in [-0.2, 0) is 25.6 Å². The van der Waals surface area contributed by atoms with Gasteiger partial charge in [-0.25, -0.2) is 0 Å². The van der Waals surface area contributed by atoms with Crippen molar-refractivity contribution in [3.05, 3.63) is 35.9 Å². The highest BCUT2D eigenvalue weighted by atomic mass is 16.7. The molecule has 1 aromatic carbocycles. The topological polar surface area (TPSA) is 36.9 Å². The molecule has 1 aliphatic heterocycles. The van der Waals surface area contributed by atoms with E-state index >= 15 is 0 Å². The molecule has 0 spiro atoms. The summed E-state index contributed by atoms with van der Waals surface area (Å²) in [4.78, 5) is 0. The average Bonchev–Trinajstić information content (AvgIpc) is 2.61. The molecular weight excluding hydrogens is 292 g/mol. The van der Waals surface area contributed by atoms with E-state index in [1.165, 1.54) is 12.0 Å². The highest BCUT2D eigenvalue weighted by Crippen LogP contribution is 2.13. The molecule has 130 valence electrons. The fourth-order valence-corrected chi connectivity index (χ4v) is 2.53. The molecule has 1 heterocycles. The van der Waals surface area contributed by atoms with Crippen LogP contribution >= 0.6 is 0 Å². The van der Waals surface area contributed by atoms with Crippen LogP contribution in [0.5, 0.6) is 0 Å². The van der Waals surface area contributed by atoms with Crippen molar-refractivity contribution in [1.29, 1.82) is 0 Å². The van der Waals surface area contributed by atoms with Crippen LogP contribution in [0.15, 0.2) is 30.3 Å². The van der Waals surface area contributed by atoms with Crippen molar-refractivity contribution < 1.29 is 18.9 Å². The van der Waals surface area contributed by atoms with Gasteiger partial charge in [0, 0.05) is 19.8 Å². The summed E-state index contributed by atoms with van der Waals surface area (Å²) in [6.07, 6.45) is 6.68. The van der Waals surface area contributed by atoms with Crippen LogP contribution in [0.4, 0.5) is 0 Å². The van der Waals surface area contributed by atoms with E-state index in [0.717, 1.165) is 51.9 Å². The van der Waals surface area contributed by atoms with Crippen LogP contribution < -0.4 is 0 Å². The predicted octanol–water partition coefficient (Wildman–Crippen LogP) is 3.93. The Balaban J connectivity index is 1.30. The maximum atomic E-state index is 5.66. The molecule has 0 amide bonds. The number of benzene rings is 1. The Bertz CT molecular complexity index is 376. The van der Waals surface area contributed by atoms with E-state index in [2.05, 4.69) is 12.1 Å². The van der Waals surface area contributed by atoms with Gasteiger partial charge >= 0.3 is 0 Å². The molecule has 1 aromatic rings. The van der Waals surface area contributed by atoms with Gasteiger partial charge in [0.05, 0.1) is 19.8 Å². The van der Waals surface area contributed by atoms with Crippen LogP contribution in [0.3, 0.4) is 0 Å². The van der Waals surface area contributed by atoms with Crippen molar-refractivity contribution in [2.75, 3.05) is 33.0 Å². The molecule has 0 radical (unpaired) electrons. The van der Waals surface area contributed by atoms with E-state index in [0.29, 0.717) is 19.8 Å². The highest BCUT2D eigenvalue weighted by Gasteiger charge is 2.13. The van der Waals surface area contributed by atoms with E-state index < -0.39 is 0 Å². The summed E-state index contributed by atoms with van der Waals surface area (Å²) in [6.45, 7) is 4.44. The van der Waals surface area contributed by atoms with Crippen molar-refractivity contribution in [1.82, 2.24) is 0 Å². The molecule has 1 atom stereocenters. The third kappa shape index (κ3) is 9.06. The van der Waals surface area contributed by atoms with Crippen molar-refractivity contribution in [3.8, 4) is 0 Å². The van der Waals surface area contributed by atoms with Gasteiger partial charge in [-0.3, -0.25) is 0 Å². The zero-order chi connectivity index (χ0) is 16.0. The maximum absolute atomic E-state index is 5.66. The van der Waals surface area contributed by atoms with Crippen LogP contribution in [0.25, 0.3) is 0 Å². The second-order valence-corrected chi connectivity index (χ2v) is 5.88. The lowest BCUT2D eigenvalue weighted by Gasteiger charge is -2.22. The summed E-state index contributed by atoms with van der Waals surface area (Å²) in [5, 5.41) is 0. The Labute approximate surface area is 140 Å². The van der Waals surface area contributed by atoms with Gasteiger partial charge in [0.15, 0.2) is 6.29 Å². The Kier molecular flexibility index (Phi) is 9.98. The standard InChI is InChI=1S/C19H30O4/c1-3-9-18(10-4-1)17-21-13-7-2-6-12-20-15-16-23-19-11-5-8-14-22-19/h1,3-4,9-10,19H,2,5-8,11-17H2. The number of ether oxygens (including phenoxy) is 4. The lowest BCUT2D eigenvalue weighted by molar-refractivity contribution is -0.169. The molecule has 1 saturated heterocycles. The molecule has 4 nitrogen and oxygen atoms in total. The van der Waals surface area contributed by atoms with Gasteiger partial charge in [-0.2, -0.15) is 0 Å². The molecule has 1 unspecified atom stereocenters. The molecular formula is C19H30O4. The smallest absolute Gasteiger partial charge is 0.157 e. The fraction of sp³-hybridized carbons (Fsp3) is 0.684. The zero-order valence-electron chi connectivity index (χ0n) is 14.1. The Morgan fingerprint density at radius 2 is 1.70 bits per heavy atom. The third-order valence-corrected chi connectivity index (χ3v) is 3.86. The predicted molar refractivity (Wildman–Crippen MR) is 90.3 cm³/mol. The first-order valence-electron chi connectivity index (χ1n) is 8.88. The molecule has 0 saturated carbocycles. The molecule has 0 aliphatic carbocycles. The highest BCUT2D eigenvalue weighted by molar-refractivity contribution is 5.13. The molecule has 2 rings (SSSR count). The van der Waals surface area contributed by atoms with Crippen LogP contribution in [0.2, 0.25) is 0 Å². The number of hydrogen-bond acceptors (Lipinski definition) is 4. The van der Waals surface area contributed by atoms with E-state index in [1.54, 1.807) is 0 Å². The van der Waals surface area contributed by atoms with Crippen molar-refractivity contribution in [2.45, 2.75) is 51.4 Å². The van der Waals surface area contributed by atoms with E-state index in [9.17, 15) is 0 Å². The molecule has 23 heavy (non-hydrogen) atoms. The van der Waals surface area contributed by atoms with Crippen molar-refractivity contribution >= 4 is 0 Å².